The van der Waals surface area contributed by atoms with Crippen molar-refractivity contribution in [1.82, 2.24) is 0 Å². The molecule has 70 valence electrons. The van der Waals surface area contributed by atoms with Crippen LogP contribution in [0, 0.1) is 23.2 Å². The van der Waals surface area contributed by atoms with Gasteiger partial charge < -0.3 is 0 Å². The smallest absolute Gasteiger partial charge is 0.0318 e. The topological polar surface area (TPSA) is 0 Å². The lowest BCUT2D eigenvalue weighted by molar-refractivity contribution is 0.0331. The molecule has 2 aliphatic carbocycles. The van der Waals surface area contributed by atoms with Gasteiger partial charge in [0.2, 0.25) is 0 Å². The minimum atomic E-state index is 0.722. The van der Waals surface area contributed by atoms with Crippen molar-refractivity contribution >= 4 is 0 Å². The summed E-state index contributed by atoms with van der Waals surface area (Å²) in [5, 5.41) is 0. The van der Waals surface area contributed by atoms with Crippen LogP contribution in [0.15, 0.2) is 0 Å². The molecule has 0 spiro atoms. The molecule has 12 heavy (non-hydrogen) atoms. The summed E-state index contributed by atoms with van der Waals surface area (Å²) in [5.41, 5.74) is 0.722. The average Bonchev–Trinajstić information content (AvgIpc) is 1.78. The van der Waals surface area contributed by atoms with Gasteiger partial charge in [-0.05, 0) is 55.3 Å². The summed E-state index contributed by atoms with van der Waals surface area (Å²) in [6.45, 7) is 7.41. The molecule has 0 radical (unpaired) electrons. The average molecular weight is 166 g/mol. The molecule has 0 aliphatic heterocycles. The first-order chi connectivity index (χ1) is 5.57. The van der Waals surface area contributed by atoms with Crippen LogP contribution in [0.2, 0.25) is 0 Å². The molecule has 0 amide bonds. The molecule has 2 aliphatic rings. The third-order valence-corrected chi connectivity index (χ3v) is 3.94. The third-order valence-electron chi connectivity index (χ3n) is 3.94. The van der Waals surface area contributed by atoms with Crippen molar-refractivity contribution in [2.75, 3.05) is 0 Å². The molecule has 0 saturated heterocycles. The molecule has 0 aromatic heterocycles. The second kappa shape index (κ2) is 2.75. The maximum absolute atomic E-state index is 2.52. The van der Waals surface area contributed by atoms with E-state index in [2.05, 4.69) is 20.8 Å². The molecule has 2 bridgehead atoms. The van der Waals surface area contributed by atoms with Crippen LogP contribution in [0.3, 0.4) is 0 Å². The van der Waals surface area contributed by atoms with Crippen molar-refractivity contribution in [3.05, 3.63) is 0 Å². The summed E-state index contributed by atoms with van der Waals surface area (Å²) < 4.78 is 0. The highest BCUT2D eigenvalue weighted by atomic mass is 14.5. The second-order valence-electron chi connectivity index (χ2n) is 5.97. The second-order valence-corrected chi connectivity index (χ2v) is 5.97. The first-order valence-corrected chi connectivity index (χ1v) is 5.57. The molecule has 0 N–H and O–H groups in total. The summed E-state index contributed by atoms with van der Waals surface area (Å²) in [7, 11) is 0. The highest BCUT2D eigenvalue weighted by Gasteiger charge is 2.40. The lowest BCUT2D eigenvalue weighted by Crippen LogP contribution is -2.36. The third kappa shape index (κ3) is 1.53. The van der Waals surface area contributed by atoms with Crippen LogP contribution in [0.25, 0.3) is 0 Å². The van der Waals surface area contributed by atoms with Crippen molar-refractivity contribution in [2.45, 2.75) is 52.9 Å². The number of hydrogen-bond donors (Lipinski definition) is 0. The molecule has 2 fully saturated rings. The quantitative estimate of drug-likeness (QED) is 0.512. The van der Waals surface area contributed by atoms with Crippen LogP contribution in [0.5, 0.6) is 0 Å². The maximum Gasteiger partial charge on any atom is -0.0318 e. The van der Waals surface area contributed by atoms with E-state index in [1.807, 2.05) is 0 Å². The van der Waals surface area contributed by atoms with Gasteiger partial charge in [-0.1, -0.05) is 20.8 Å². The minimum Gasteiger partial charge on any atom is -0.0625 e. The Labute approximate surface area is 76.7 Å². The van der Waals surface area contributed by atoms with Gasteiger partial charge in [-0.25, -0.2) is 0 Å². The molecule has 0 heterocycles. The molecular weight excluding hydrogens is 144 g/mol. The van der Waals surface area contributed by atoms with Crippen LogP contribution < -0.4 is 0 Å². The van der Waals surface area contributed by atoms with Gasteiger partial charge in [0.05, 0.1) is 0 Å². The van der Waals surface area contributed by atoms with Crippen molar-refractivity contribution in [2.24, 2.45) is 23.2 Å². The van der Waals surface area contributed by atoms with E-state index in [0.717, 1.165) is 23.2 Å². The van der Waals surface area contributed by atoms with E-state index in [-0.39, 0.29) is 0 Å². The van der Waals surface area contributed by atoms with Crippen LogP contribution in [0.4, 0.5) is 0 Å². The van der Waals surface area contributed by atoms with Gasteiger partial charge in [0.1, 0.15) is 0 Å². The summed E-state index contributed by atoms with van der Waals surface area (Å²) in [6, 6.07) is 0. The Balaban J connectivity index is 2.11. The van der Waals surface area contributed by atoms with Gasteiger partial charge in [-0.2, -0.15) is 0 Å². The maximum atomic E-state index is 2.52. The first-order valence-electron chi connectivity index (χ1n) is 5.57. The van der Waals surface area contributed by atoms with E-state index < -0.39 is 0 Å². The zero-order valence-electron chi connectivity index (χ0n) is 8.77. The van der Waals surface area contributed by atoms with Crippen LogP contribution in [0.1, 0.15) is 52.9 Å². The van der Waals surface area contributed by atoms with Gasteiger partial charge >= 0.3 is 0 Å². The molecule has 0 aromatic rings. The molecule has 2 atom stereocenters. The number of fused-ring (bicyclic) bond motifs is 2. The van der Waals surface area contributed by atoms with Gasteiger partial charge in [-0.3, -0.25) is 0 Å². The highest BCUT2D eigenvalue weighted by molar-refractivity contribution is 4.91. The van der Waals surface area contributed by atoms with Gasteiger partial charge in [-0.15, -0.1) is 0 Å². The Morgan fingerprint density at radius 3 is 1.83 bits per heavy atom. The predicted octanol–water partition coefficient (Wildman–Crippen LogP) is 3.86. The number of rotatable bonds is 0. The van der Waals surface area contributed by atoms with Crippen molar-refractivity contribution in [3.63, 3.8) is 0 Å². The molecule has 0 heteroatoms. The van der Waals surface area contributed by atoms with Crippen LogP contribution in [-0.2, 0) is 0 Å². The Bertz CT molecular complexity index is 151. The summed E-state index contributed by atoms with van der Waals surface area (Å²) in [4.78, 5) is 0. The van der Waals surface area contributed by atoms with E-state index in [1.54, 1.807) is 0 Å². The van der Waals surface area contributed by atoms with E-state index >= 15 is 0 Å². The lowest BCUT2D eigenvalue weighted by atomic mass is 9.58. The predicted molar refractivity (Wildman–Crippen MR) is 53.0 cm³/mol. The standard InChI is InChI=1S/C12H22/c1-9-4-11-5-10(2)7-12(3,6-9)8-11/h9-11H,4-8H2,1-3H3. The molecule has 2 saturated carbocycles. The van der Waals surface area contributed by atoms with E-state index in [1.165, 1.54) is 32.1 Å². The Hall–Kier alpha value is 0. The molecule has 2 rings (SSSR count). The fourth-order valence-corrected chi connectivity index (χ4v) is 4.20. The first kappa shape index (κ1) is 8.59. The lowest BCUT2D eigenvalue weighted by Gasteiger charge is -2.48. The normalized spacial score (nSPS) is 53.8. The largest absolute Gasteiger partial charge is 0.0625 e. The molecule has 2 unspecified atom stereocenters. The van der Waals surface area contributed by atoms with E-state index in [0.29, 0.717) is 0 Å². The molecule has 0 nitrogen and oxygen atoms in total. The van der Waals surface area contributed by atoms with Gasteiger partial charge in [0.25, 0.3) is 0 Å². The van der Waals surface area contributed by atoms with Crippen molar-refractivity contribution < 1.29 is 0 Å². The summed E-state index contributed by atoms with van der Waals surface area (Å²) >= 11 is 0. The Kier molecular flexibility index (Phi) is 1.97. The minimum absolute atomic E-state index is 0.722. The van der Waals surface area contributed by atoms with Crippen molar-refractivity contribution in [1.29, 1.82) is 0 Å². The summed E-state index contributed by atoms with van der Waals surface area (Å²) in [5.74, 6) is 3.07. The zero-order chi connectivity index (χ0) is 8.77. The fourth-order valence-electron chi connectivity index (χ4n) is 4.20. The monoisotopic (exact) mass is 166 g/mol. The SMILES string of the molecule is CC1CC2CC(C)CC(C)(C1)C2. The van der Waals surface area contributed by atoms with Crippen molar-refractivity contribution in [3.8, 4) is 0 Å². The van der Waals surface area contributed by atoms with E-state index in [4.69, 9.17) is 0 Å². The van der Waals surface area contributed by atoms with Crippen LogP contribution in [-0.4, -0.2) is 0 Å². The summed E-state index contributed by atoms with van der Waals surface area (Å²) in [6.07, 6.45) is 7.54. The number of hydrogen-bond acceptors (Lipinski definition) is 0. The zero-order valence-corrected chi connectivity index (χ0v) is 8.77. The Morgan fingerprint density at radius 2 is 1.42 bits per heavy atom. The molecular formula is C12H22. The Morgan fingerprint density at radius 1 is 0.917 bits per heavy atom. The van der Waals surface area contributed by atoms with Gasteiger partial charge in [0, 0.05) is 0 Å². The van der Waals surface area contributed by atoms with Crippen LogP contribution >= 0.6 is 0 Å². The molecule has 0 aromatic carbocycles. The van der Waals surface area contributed by atoms with E-state index in [9.17, 15) is 0 Å². The van der Waals surface area contributed by atoms with Gasteiger partial charge in [0.15, 0.2) is 0 Å². The highest BCUT2D eigenvalue weighted by Crippen LogP contribution is 2.52. The fraction of sp³-hybridized carbons (Fsp3) is 1.00.